The standard InChI is InChI=1S/C10H21N3O2/c1-10(2,3)15-9(14)13-8-4-7(11)5-12-6-8/h7-8,12H,4-6,11H2,1-3H3,(H,13,14). The lowest BCUT2D eigenvalue weighted by Gasteiger charge is -2.29. The van der Waals surface area contributed by atoms with E-state index in [1.165, 1.54) is 0 Å². The Morgan fingerprint density at radius 1 is 1.47 bits per heavy atom. The highest BCUT2D eigenvalue weighted by Crippen LogP contribution is 2.08. The van der Waals surface area contributed by atoms with Crippen molar-refractivity contribution in [2.45, 2.75) is 44.9 Å². The Labute approximate surface area is 90.7 Å². The second-order valence-corrected chi connectivity index (χ2v) is 5.00. The molecule has 15 heavy (non-hydrogen) atoms. The molecule has 88 valence electrons. The van der Waals surface area contributed by atoms with Gasteiger partial charge in [-0.05, 0) is 27.2 Å². The molecule has 0 aromatic heterocycles. The first-order chi connectivity index (χ1) is 6.87. The first-order valence-electron chi connectivity index (χ1n) is 5.32. The first-order valence-corrected chi connectivity index (χ1v) is 5.32. The number of alkyl carbamates (subject to hydrolysis) is 1. The number of nitrogens with two attached hydrogens (primary N) is 1. The third kappa shape index (κ3) is 4.99. The van der Waals surface area contributed by atoms with Gasteiger partial charge >= 0.3 is 6.09 Å². The first kappa shape index (κ1) is 12.3. The summed E-state index contributed by atoms with van der Waals surface area (Å²) in [4.78, 5) is 11.4. The summed E-state index contributed by atoms with van der Waals surface area (Å²) in [6.45, 7) is 7.10. The van der Waals surface area contributed by atoms with Gasteiger partial charge in [0.05, 0.1) is 0 Å². The SMILES string of the molecule is CC(C)(C)OC(=O)NC1CNCC(N)C1. The highest BCUT2D eigenvalue weighted by molar-refractivity contribution is 5.68. The summed E-state index contributed by atoms with van der Waals surface area (Å²) in [7, 11) is 0. The monoisotopic (exact) mass is 215 g/mol. The Morgan fingerprint density at radius 3 is 2.67 bits per heavy atom. The van der Waals surface area contributed by atoms with E-state index in [1.54, 1.807) is 0 Å². The van der Waals surface area contributed by atoms with Crippen molar-refractivity contribution in [1.82, 2.24) is 10.6 Å². The Bertz CT molecular complexity index is 225. The maximum Gasteiger partial charge on any atom is 0.407 e. The molecule has 0 spiro atoms. The van der Waals surface area contributed by atoms with Gasteiger partial charge in [-0.1, -0.05) is 0 Å². The predicted octanol–water partition coefficient (Wildman–Crippen LogP) is 0.200. The molecule has 0 bridgehead atoms. The molecule has 0 radical (unpaired) electrons. The minimum atomic E-state index is -0.450. The summed E-state index contributed by atoms with van der Waals surface area (Å²) >= 11 is 0. The van der Waals surface area contributed by atoms with E-state index in [0.717, 1.165) is 19.5 Å². The van der Waals surface area contributed by atoms with Gasteiger partial charge in [-0.3, -0.25) is 0 Å². The van der Waals surface area contributed by atoms with Crippen molar-refractivity contribution in [3.8, 4) is 0 Å². The predicted molar refractivity (Wildman–Crippen MR) is 58.6 cm³/mol. The van der Waals surface area contributed by atoms with Crippen LogP contribution in [0.3, 0.4) is 0 Å². The molecule has 0 saturated carbocycles. The number of nitrogens with one attached hydrogen (secondary N) is 2. The molecule has 5 heteroatoms. The Hall–Kier alpha value is -0.810. The van der Waals surface area contributed by atoms with Gasteiger partial charge in [0.15, 0.2) is 0 Å². The molecule has 0 aliphatic carbocycles. The lowest BCUT2D eigenvalue weighted by Crippen LogP contribution is -2.53. The molecular formula is C10H21N3O2. The number of carbonyl (C=O) groups is 1. The van der Waals surface area contributed by atoms with Crippen LogP contribution in [0.15, 0.2) is 0 Å². The van der Waals surface area contributed by atoms with Gasteiger partial charge in [-0.25, -0.2) is 4.79 Å². The highest BCUT2D eigenvalue weighted by atomic mass is 16.6. The molecule has 1 amide bonds. The summed E-state index contributed by atoms with van der Waals surface area (Å²) in [5, 5.41) is 5.96. The van der Waals surface area contributed by atoms with E-state index < -0.39 is 5.60 Å². The van der Waals surface area contributed by atoms with E-state index in [4.69, 9.17) is 10.5 Å². The van der Waals surface area contributed by atoms with Gasteiger partial charge in [0.1, 0.15) is 5.60 Å². The van der Waals surface area contributed by atoms with Crippen molar-refractivity contribution in [1.29, 1.82) is 0 Å². The number of carbonyl (C=O) groups excluding carboxylic acids is 1. The molecule has 4 N–H and O–H groups in total. The number of rotatable bonds is 1. The van der Waals surface area contributed by atoms with Gasteiger partial charge in [0, 0.05) is 25.2 Å². The topological polar surface area (TPSA) is 76.4 Å². The second-order valence-electron chi connectivity index (χ2n) is 5.00. The second kappa shape index (κ2) is 4.81. The summed E-state index contributed by atoms with van der Waals surface area (Å²) in [5.74, 6) is 0. The maximum atomic E-state index is 11.4. The van der Waals surface area contributed by atoms with Gasteiger partial charge < -0.3 is 21.1 Å². The fourth-order valence-electron chi connectivity index (χ4n) is 1.56. The van der Waals surface area contributed by atoms with Crippen LogP contribution in [0.5, 0.6) is 0 Å². The molecule has 0 aromatic carbocycles. The van der Waals surface area contributed by atoms with Crippen molar-refractivity contribution < 1.29 is 9.53 Å². The Kier molecular flexibility index (Phi) is 3.93. The van der Waals surface area contributed by atoms with E-state index in [0.29, 0.717) is 0 Å². The summed E-state index contributed by atoms with van der Waals surface area (Å²) < 4.78 is 5.16. The average Bonchev–Trinajstić information content (AvgIpc) is 1.99. The number of ether oxygens (including phenoxy) is 1. The number of hydrogen-bond acceptors (Lipinski definition) is 4. The number of amides is 1. The number of piperidine rings is 1. The normalized spacial score (nSPS) is 27.2. The zero-order valence-electron chi connectivity index (χ0n) is 9.67. The molecule has 2 atom stereocenters. The summed E-state index contributed by atoms with van der Waals surface area (Å²) in [6, 6.07) is 0.183. The van der Waals surface area contributed by atoms with Crippen LogP contribution in [0.25, 0.3) is 0 Å². The van der Waals surface area contributed by atoms with Crippen LogP contribution in [-0.2, 0) is 4.74 Å². The van der Waals surface area contributed by atoms with E-state index in [-0.39, 0.29) is 18.2 Å². The van der Waals surface area contributed by atoms with Gasteiger partial charge in [0.25, 0.3) is 0 Å². The lowest BCUT2D eigenvalue weighted by atomic mass is 10.0. The van der Waals surface area contributed by atoms with Crippen molar-refractivity contribution in [2.75, 3.05) is 13.1 Å². The van der Waals surface area contributed by atoms with Gasteiger partial charge in [-0.15, -0.1) is 0 Å². The van der Waals surface area contributed by atoms with Gasteiger partial charge in [-0.2, -0.15) is 0 Å². The zero-order chi connectivity index (χ0) is 11.5. The Balaban J connectivity index is 2.31. The van der Waals surface area contributed by atoms with Crippen molar-refractivity contribution >= 4 is 6.09 Å². The van der Waals surface area contributed by atoms with Crippen LogP contribution in [0, 0.1) is 0 Å². The smallest absolute Gasteiger partial charge is 0.407 e. The third-order valence-electron chi connectivity index (χ3n) is 2.11. The highest BCUT2D eigenvalue weighted by Gasteiger charge is 2.23. The molecule has 1 heterocycles. The van der Waals surface area contributed by atoms with Crippen molar-refractivity contribution in [2.24, 2.45) is 5.73 Å². The van der Waals surface area contributed by atoms with E-state index in [1.807, 2.05) is 20.8 Å². The van der Waals surface area contributed by atoms with Crippen molar-refractivity contribution in [3.63, 3.8) is 0 Å². The molecule has 2 unspecified atom stereocenters. The van der Waals surface area contributed by atoms with Crippen molar-refractivity contribution in [3.05, 3.63) is 0 Å². The molecule has 1 aliphatic heterocycles. The van der Waals surface area contributed by atoms with Crippen LogP contribution < -0.4 is 16.4 Å². The molecule has 0 aromatic rings. The average molecular weight is 215 g/mol. The fourth-order valence-corrected chi connectivity index (χ4v) is 1.56. The molecule has 1 aliphatic rings. The summed E-state index contributed by atoms with van der Waals surface area (Å²) in [5.41, 5.74) is 5.32. The molecular weight excluding hydrogens is 194 g/mol. The number of hydrogen-bond donors (Lipinski definition) is 3. The minimum absolute atomic E-state index is 0.0728. The van der Waals surface area contributed by atoms with E-state index in [2.05, 4.69) is 10.6 Å². The van der Waals surface area contributed by atoms with Crippen LogP contribution in [0.4, 0.5) is 4.79 Å². The van der Waals surface area contributed by atoms with Gasteiger partial charge in [0.2, 0.25) is 0 Å². The molecule has 1 saturated heterocycles. The molecule has 5 nitrogen and oxygen atoms in total. The van der Waals surface area contributed by atoms with Crippen LogP contribution in [-0.4, -0.2) is 36.9 Å². The fraction of sp³-hybridized carbons (Fsp3) is 0.900. The summed E-state index contributed by atoms with van der Waals surface area (Å²) in [6.07, 6.45) is 0.426. The third-order valence-corrected chi connectivity index (χ3v) is 2.11. The Morgan fingerprint density at radius 2 is 2.13 bits per heavy atom. The van der Waals surface area contributed by atoms with Crippen LogP contribution in [0.1, 0.15) is 27.2 Å². The quantitative estimate of drug-likeness (QED) is 0.584. The zero-order valence-corrected chi connectivity index (χ0v) is 9.67. The molecule has 1 fully saturated rings. The van der Waals surface area contributed by atoms with E-state index in [9.17, 15) is 4.79 Å². The maximum absolute atomic E-state index is 11.4. The largest absolute Gasteiger partial charge is 0.444 e. The van der Waals surface area contributed by atoms with E-state index >= 15 is 0 Å². The minimum Gasteiger partial charge on any atom is -0.444 e. The van der Waals surface area contributed by atoms with Crippen LogP contribution in [0.2, 0.25) is 0 Å². The van der Waals surface area contributed by atoms with Crippen LogP contribution >= 0.6 is 0 Å². The lowest BCUT2D eigenvalue weighted by molar-refractivity contribution is 0.0495. The molecule has 1 rings (SSSR count).